The molecule has 2 N–H and O–H groups in total. The average Bonchev–Trinajstić information content (AvgIpc) is 2.71. The van der Waals surface area contributed by atoms with Crippen molar-refractivity contribution in [3.63, 3.8) is 0 Å². The van der Waals surface area contributed by atoms with Crippen molar-refractivity contribution in [1.29, 1.82) is 0 Å². The number of rotatable bonds is 3. The smallest absolute Gasteiger partial charge is 0.261 e. The van der Waals surface area contributed by atoms with Crippen molar-refractivity contribution in [1.82, 2.24) is 5.32 Å². The molecule has 0 spiro atoms. The van der Waals surface area contributed by atoms with E-state index in [-0.39, 0.29) is 27.6 Å². The Balaban J connectivity index is 1.93. The molecule has 8 heteroatoms. The van der Waals surface area contributed by atoms with E-state index in [0.717, 1.165) is 6.07 Å². The lowest BCUT2D eigenvalue weighted by molar-refractivity contribution is 0.0957. The number of hydrogen-bond donors (Lipinski definition) is 2. The molecule has 24 heavy (non-hydrogen) atoms. The van der Waals surface area contributed by atoms with Crippen molar-refractivity contribution in [3.8, 4) is 5.75 Å². The Hall–Kier alpha value is -2.61. The number of halogens is 1. The van der Waals surface area contributed by atoms with Gasteiger partial charge in [-0.15, -0.1) is 0 Å². The maximum Gasteiger partial charge on any atom is 0.261 e. The number of carbonyl (C=O) groups excluding carboxylic acids is 1. The van der Waals surface area contributed by atoms with Crippen LogP contribution in [-0.2, 0) is 10.0 Å². The number of hydrogen-bond acceptors (Lipinski definition) is 4. The summed E-state index contributed by atoms with van der Waals surface area (Å²) in [5.41, 5.74) is 0.701. The standard InChI is InChI=1S/C16H15FN2O4S/c1-10-8-12(3-4-14(10)17)24(21,22)19-11-2-5-15-13(9-11)16(20)18-6-7-23-15/h2-5,8-9,19H,6-7H2,1H3,(H,18,20). The second kappa shape index (κ2) is 6.12. The van der Waals surface area contributed by atoms with Crippen LogP contribution in [0.2, 0.25) is 0 Å². The number of nitrogens with one attached hydrogen (secondary N) is 2. The molecule has 6 nitrogen and oxygen atoms in total. The van der Waals surface area contributed by atoms with Gasteiger partial charge in [-0.1, -0.05) is 0 Å². The predicted molar refractivity (Wildman–Crippen MR) is 86.2 cm³/mol. The highest BCUT2D eigenvalue weighted by atomic mass is 32.2. The van der Waals surface area contributed by atoms with Gasteiger partial charge in [-0.05, 0) is 48.9 Å². The lowest BCUT2D eigenvalue weighted by Gasteiger charge is -2.11. The van der Waals surface area contributed by atoms with Gasteiger partial charge in [0.15, 0.2) is 0 Å². The normalized spacial score (nSPS) is 14.2. The summed E-state index contributed by atoms with van der Waals surface area (Å²) in [7, 11) is -3.89. The van der Waals surface area contributed by atoms with Gasteiger partial charge in [-0.25, -0.2) is 12.8 Å². The van der Waals surface area contributed by atoms with Gasteiger partial charge in [-0.2, -0.15) is 0 Å². The van der Waals surface area contributed by atoms with E-state index < -0.39 is 15.8 Å². The molecule has 0 saturated carbocycles. The van der Waals surface area contributed by atoms with Crippen LogP contribution in [-0.4, -0.2) is 27.5 Å². The molecule has 0 atom stereocenters. The third-order valence-corrected chi connectivity index (χ3v) is 4.94. The Kier molecular flexibility index (Phi) is 4.15. The van der Waals surface area contributed by atoms with E-state index in [0.29, 0.717) is 18.9 Å². The lowest BCUT2D eigenvalue weighted by Crippen LogP contribution is -2.24. The number of amides is 1. The van der Waals surface area contributed by atoms with Gasteiger partial charge in [0.05, 0.1) is 17.0 Å². The largest absolute Gasteiger partial charge is 0.491 e. The van der Waals surface area contributed by atoms with Gasteiger partial charge in [-0.3, -0.25) is 9.52 Å². The van der Waals surface area contributed by atoms with Gasteiger partial charge in [0.2, 0.25) is 0 Å². The van der Waals surface area contributed by atoms with Crippen molar-refractivity contribution in [2.45, 2.75) is 11.8 Å². The molecule has 1 aliphatic heterocycles. The Labute approximate surface area is 138 Å². The zero-order valence-electron chi connectivity index (χ0n) is 12.8. The summed E-state index contributed by atoms with van der Waals surface area (Å²) in [6.45, 7) is 2.21. The summed E-state index contributed by atoms with van der Waals surface area (Å²) in [5.74, 6) is -0.417. The average molecular weight is 350 g/mol. The molecular formula is C16H15FN2O4S. The third-order valence-electron chi connectivity index (χ3n) is 3.56. The molecule has 3 rings (SSSR count). The lowest BCUT2D eigenvalue weighted by atomic mass is 10.1. The maximum absolute atomic E-state index is 13.3. The first-order valence-corrected chi connectivity index (χ1v) is 8.69. The van der Waals surface area contributed by atoms with Crippen molar-refractivity contribution in [2.24, 2.45) is 0 Å². The van der Waals surface area contributed by atoms with E-state index in [1.54, 1.807) is 0 Å². The zero-order chi connectivity index (χ0) is 17.3. The van der Waals surface area contributed by atoms with Crippen LogP contribution in [0.25, 0.3) is 0 Å². The first kappa shape index (κ1) is 16.3. The summed E-state index contributed by atoms with van der Waals surface area (Å²) in [4.78, 5) is 11.9. The summed E-state index contributed by atoms with van der Waals surface area (Å²) in [5, 5.41) is 2.65. The highest BCUT2D eigenvalue weighted by Crippen LogP contribution is 2.26. The molecule has 0 unspecified atom stereocenters. The molecule has 0 aliphatic carbocycles. The topological polar surface area (TPSA) is 84.5 Å². The van der Waals surface area contributed by atoms with Crippen molar-refractivity contribution >= 4 is 21.6 Å². The van der Waals surface area contributed by atoms with Crippen LogP contribution in [0.15, 0.2) is 41.3 Å². The van der Waals surface area contributed by atoms with Crippen LogP contribution in [0.5, 0.6) is 5.75 Å². The van der Waals surface area contributed by atoms with Gasteiger partial charge in [0.25, 0.3) is 15.9 Å². The van der Waals surface area contributed by atoms with Crippen LogP contribution < -0.4 is 14.8 Å². The number of fused-ring (bicyclic) bond motifs is 1. The van der Waals surface area contributed by atoms with E-state index in [9.17, 15) is 17.6 Å². The highest BCUT2D eigenvalue weighted by molar-refractivity contribution is 7.92. The molecule has 0 bridgehead atoms. The second-order valence-electron chi connectivity index (χ2n) is 5.33. The fraction of sp³-hybridized carbons (Fsp3) is 0.188. The van der Waals surface area contributed by atoms with Crippen LogP contribution in [0.1, 0.15) is 15.9 Å². The van der Waals surface area contributed by atoms with Gasteiger partial charge < -0.3 is 10.1 Å². The van der Waals surface area contributed by atoms with Crippen LogP contribution in [0.4, 0.5) is 10.1 Å². The highest BCUT2D eigenvalue weighted by Gasteiger charge is 2.20. The SMILES string of the molecule is Cc1cc(S(=O)(=O)Nc2ccc3c(c2)C(=O)NCCO3)ccc1F. The monoisotopic (exact) mass is 350 g/mol. The molecule has 1 heterocycles. The molecule has 0 radical (unpaired) electrons. The Morgan fingerprint density at radius 3 is 2.75 bits per heavy atom. The summed E-state index contributed by atoms with van der Waals surface area (Å²) >= 11 is 0. The molecule has 0 fully saturated rings. The Bertz CT molecular complexity index is 912. The fourth-order valence-corrected chi connectivity index (χ4v) is 3.45. The molecule has 1 aliphatic rings. The summed E-state index contributed by atoms with van der Waals surface area (Å²) in [6.07, 6.45) is 0. The van der Waals surface area contributed by atoms with E-state index in [2.05, 4.69) is 10.0 Å². The summed E-state index contributed by atoms with van der Waals surface area (Å²) < 4.78 is 45.9. The minimum absolute atomic E-state index is 0.0583. The number of aryl methyl sites for hydroxylation is 1. The van der Waals surface area contributed by atoms with Crippen molar-refractivity contribution in [2.75, 3.05) is 17.9 Å². The van der Waals surface area contributed by atoms with Crippen molar-refractivity contribution in [3.05, 3.63) is 53.3 Å². The molecule has 126 valence electrons. The quantitative estimate of drug-likeness (QED) is 0.887. The Morgan fingerprint density at radius 1 is 1.21 bits per heavy atom. The second-order valence-corrected chi connectivity index (χ2v) is 7.01. The van der Waals surface area contributed by atoms with Gasteiger partial charge >= 0.3 is 0 Å². The first-order valence-electron chi connectivity index (χ1n) is 7.21. The van der Waals surface area contributed by atoms with E-state index in [4.69, 9.17) is 4.74 Å². The minimum atomic E-state index is -3.89. The van der Waals surface area contributed by atoms with Gasteiger partial charge in [0, 0.05) is 5.69 Å². The first-order chi connectivity index (χ1) is 11.4. The van der Waals surface area contributed by atoms with Crippen LogP contribution in [0.3, 0.4) is 0 Å². The molecule has 2 aromatic rings. The van der Waals surface area contributed by atoms with E-state index in [1.807, 2.05) is 0 Å². The molecule has 0 saturated heterocycles. The van der Waals surface area contributed by atoms with E-state index in [1.165, 1.54) is 37.3 Å². The molecule has 2 aromatic carbocycles. The van der Waals surface area contributed by atoms with E-state index >= 15 is 0 Å². The van der Waals surface area contributed by atoms with Gasteiger partial charge in [0.1, 0.15) is 18.2 Å². The number of ether oxygens (including phenoxy) is 1. The zero-order valence-corrected chi connectivity index (χ0v) is 13.6. The minimum Gasteiger partial charge on any atom is -0.491 e. The number of sulfonamides is 1. The van der Waals surface area contributed by atoms with Crippen LogP contribution >= 0.6 is 0 Å². The fourth-order valence-electron chi connectivity index (χ4n) is 2.32. The number of anilines is 1. The Morgan fingerprint density at radius 2 is 2.00 bits per heavy atom. The number of benzene rings is 2. The van der Waals surface area contributed by atoms with Crippen LogP contribution in [0, 0.1) is 12.7 Å². The maximum atomic E-state index is 13.3. The summed E-state index contributed by atoms with van der Waals surface area (Å²) in [6, 6.07) is 7.98. The number of carbonyl (C=O) groups is 1. The molecular weight excluding hydrogens is 335 g/mol. The third kappa shape index (κ3) is 3.18. The van der Waals surface area contributed by atoms with Crippen molar-refractivity contribution < 1.29 is 22.3 Å². The predicted octanol–water partition coefficient (Wildman–Crippen LogP) is 2.06. The molecule has 1 amide bonds. The molecule has 0 aromatic heterocycles.